The number of fused-ring (bicyclic) bond motifs is 1. The Morgan fingerprint density at radius 2 is 2.24 bits per heavy atom. The van der Waals surface area contributed by atoms with Crippen LogP contribution in [0, 0.1) is 0 Å². The highest BCUT2D eigenvalue weighted by Gasteiger charge is 2.10. The summed E-state index contributed by atoms with van der Waals surface area (Å²) in [5.41, 5.74) is 2.19. The topological polar surface area (TPSA) is 57.0 Å². The van der Waals surface area contributed by atoms with E-state index < -0.39 is 0 Å². The maximum Gasteiger partial charge on any atom is 0.338 e. The van der Waals surface area contributed by atoms with E-state index in [2.05, 4.69) is 17.2 Å². The van der Waals surface area contributed by atoms with Crippen molar-refractivity contribution in [2.75, 3.05) is 6.61 Å². The zero-order chi connectivity index (χ0) is 12.3. The third-order valence-corrected chi connectivity index (χ3v) is 2.46. The largest absolute Gasteiger partial charge is 0.462 e. The number of benzene rings is 1. The molecule has 1 aromatic heterocycles. The van der Waals surface area contributed by atoms with Crippen LogP contribution in [-0.2, 0) is 11.3 Å². The molecule has 0 aliphatic rings. The number of aryl methyl sites for hydroxylation is 1. The molecule has 2 rings (SSSR count). The Morgan fingerprint density at radius 3 is 2.94 bits per heavy atom. The number of carbonyl (C=O) groups is 1. The minimum atomic E-state index is -0.320. The molecule has 0 spiro atoms. The van der Waals surface area contributed by atoms with Crippen LogP contribution in [0.5, 0.6) is 0 Å². The van der Waals surface area contributed by atoms with Gasteiger partial charge in [-0.2, -0.15) is 0 Å². The van der Waals surface area contributed by atoms with Crippen molar-refractivity contribution in [2.45, 2.75) is 26.8 Å². The number of aromatic nitrogens is 3. The molecule has 5 nitrogen and oxygen atoms in total. The van der Waals surface area contributed by atoms with Gasteiger partial charge in [0.15, 0.2) is 0 Å². The van der Waals surface area contributed by atoms with E-state index in [0.29, 0.717) is 12.2 Å². The van der Waals surface area contributed by atoms with Crippen molar-refractivity contribution in [1.82, 2.24) is 15.0 Å². The lowest BCUT2D eigenvalue weighted by Crippen LogP contribution is -2.04. The van der Waals surface area contributed by atoms with Crippen LogP contribution in [-0.4, -0.2) is 27.6 Å². The molecule has 0 fully saturated rings. The van der Waals surface area contributed by atoms with E-state index in [0.717, 1.165) is 24.0 Å². The average molecular weight is 233 g/mol. The molecule has 2 aromatic rings. The van der Waals surface area contributed by atoms with Crippen LogP contribution in [0.2, 0.25) is 0 Å². The van der Waals surface area contributed by atoms with Crippen molar-refractivity contribution in [1.29, 1.82) is 0 Å². The number of ether oxygens (including phenoxy) is 1. The highest BCUT2D eigenvalue weighted by atomic mass is 16.5. The third-order valence-electron chi connectivity index (χ3n) is 2.46. The first-order valence-corrected chi connectivity index (χ1v) is 5.76. The van der Waals surface area contributed by atoms with E-state index in [1.165, 1.54) is 0 Å². The second kappa shape index (κ2) is 4.95. The Hall–Kier alpha value is -1.91. The zero-order valence-corrected chi connectivity index (χ0v) is 10.0. The van der Waals surface area contributed by atoms with E-state index in [4.69, 9.17) is 4.74 Å². The van der Waals surface area contributed by atoms with E-state index in [1.807, 2.05) is 10.7 Å². The predicted molar refractivity (Wildman–Crippen MR) is 63.8 cm³/mol. The monoisotopic (exact) mass is 233 g/mol. The average Bonchev–Trinajstić information content (AvgIpc) is 2.73. The lowest BCUT2D eigenvalue weighted by Gasteiger charge is -2.02. The first-order chi connectivity index (χ1) is 8.26. The molecule has 0 amide bonds. The van der Waals surface area contributed by atoms with E-state index in [9.17, 15) is 4.79 Å². The smallest absolute Gasteiger partial charge is 0.338 e. The van der Waals surface area contributed by atoms with Gasteiger partial charge in [-0.1, -0.05) is 12.1 Å². The van der Waals surface area contributed by atoms with Crippen LogP contribution in [0.25, 0.3) is 11.0 Å². The van der Waals surface area contributed by atoms with E-state index in [-0.39, 0.29) is 5.97 Å². The number of carbonyl (C=O) groups excluding carboxylic acids is 1. The Kier molecular flexibility index (Phi) is 3.37. The predicted octanol–water partition coefficient (Wildman–Crippen LogP) is 2.02. The van der Waals surface area contributed by atoms with Crippen molar-refractivity contribution in [2.24, 2.45) is 0 Å². The van der Waals surface area contributed by atoms with Crippen molar-refractivity contribution in [3.05, 3.63) is 23.8 Å². The van der Waals surface area contributed by atoms with Gasteiger partial charge in [0.25, 0.3) is 0 Å². The van der Waals surface area contributed by atoms with Crippen molar-refractivity contribution >= 4 is 17.0 Å². The molecule has 0 atom stereocenters. The van der Waals surface area contributed by atoms with Crippen LogP contribution in [0.1, 0.15) is 30.6 Å². The van der Waals surface area contributed by atoms with Crippen LogP contribution < -0.4 is 0 Å². The van der Waals surface area contributed by atoms with Gasteiger partial charge in [-0.15, -0.1) is 5.10 Å². The molecule has 0 unspecified atom stereocenters. The molecule has 17 heavy (non-hydrogen) atoms. The number of hydrogen-bond acceptors (Lipinski definition) is 4. The van der Waals surface area contributed by atoms with Gasteiger partial charge in [-0.05, 0) is 31.5 Å². The maximum absolute atomic E-state index is 11.5. The Balaban J connectivity index is 2.35. The fourth-order valence-electron chi connectivity index (χ4n) is 1.69. The van der Waals surface area contributed by atoms with Gasteiger partial charge < -0.3 is 4.74 Å². The zero-order valence-electron chi connectivity index (χ0n) is 10.0. The molecule has 0 bridgehead atoms. The molecular weight excluding hydrogens is 218 g/mol. The second-order valence-corrected chi connectivity index (χ2v) is 3.74. The normalized spacial score (nSPS) is 10.7. The van der Waals surface area contributed by atoms with Crippen LogP contribution >= 0.6 is 0 Å². The molecule has 1 heterocycles. The molecule has 0 N–H and O–H groups in total. The molecule has 0 aliphatic carbocycles. The van der Waals surface area contributed by atoms with Gasteiger partial charge in [0.1, 0.15) is 5.52 Å². The standard InChI is InChI=1S/C12H15N3O2/c1-3-7-15-11-6-5-9(12(16)17-4-2)8-10(11)13-14-15/h5-6,8H,3-4,7H2,1-2H3. The summed E-state index contributed by atoms with van der Waals surface area (Å²) < 4.78 is 6.77. The minimum Gasteiger partial charge on any atom is -0.462 e. The number of nitrogens with zero attached hydrogens (tertiary/aromatic N) is 3. The molecule has 5 heteroatoms. The highest BCUT2D eigenvalue weighted by Crippen LogP contribution is 2.14. The number of esters is 1. The fourth-order valence-corrected chi connectivity index (χ4v) is 1.69. The molecule has 0 radical (unpaired) electrons. The van der Waals surface area contributed by atoms with E-state index >= 15 is 0 Å². The van der Waals surface area contributed by atoms with Crippen LogP contribution in [0.15, 0.2) is 18.2 Å². The van der Waals surface area contributed by atoms with Gasteiger partial charge in [-0.3, -0.25) is 0 Å². The summed E-state index contributed by atoms with van der Waals surface area (Å²) >= 11 is 0. The first kappa shape index (κ1) is 11.6. The maximum atomic E-state index is 11.5. The Bertz CT molecular complexity index is 534. The third kappa shape index (κ3) is 2.27. The molecule has 1 aromatic carbocycles. The minimum absolute atomic E-state index is 0.320. The van der Waals surface area contributed by atoms with Crippen LogP contribution in [0.3, 0.4) is 0 Å². The first-order valence-electron chi connectivity index (χ1n) is 5.76. The van der Waals surface area contributed by atoms with Gasteiger partial charge >= 0.3 is 5.97 Å². The van der Waals surface area contributed by atoms with Gasteiger partial charge in [-0.25, -0.2) is 9.48 Å². The van der Waals surface area contributed by atoms with E-state index in [1.54, 1.807) is 19.1 Å². The quantitative estimate of drug-likeness (QED) is 0.758. The summed E-state index contributed by atoms with van der Waals surface area (Å²) in [4.78, 5) is 11.5. The van der Waals surface area contributed by atoms with Crippen molar-refractivity contribution < 1.29 is 9.53 Å². The number of hydrogen-bond donors (Lipinski definition) is 0. The summed E-state index contributed by atoms with van der Waals surface area (Å²) in [6, 6.07) is 5.32. The number of rotatable bonds is 4. The van der Waals surface area contributed by atoms with Gasteiger partial charge in [0.2, 0.25) is 0 Å². The van der Waals surface area contributed by atoms with Gasteiger partial charge in [0, 0.05) is 6.54 Å². The fraction of sp³-hybridized carbons (Fsp3) is 0.417. The van der Waals surface area contributed by atoms with Gasteiger partial charge in [0.05, 0.1) is 17.7 Å². The van der Waals surface area contributed by atoms with Crippen molar-refractivity contribution in [3.8, 4) is 0 Å². The Morgan fingerprint density at radius 1 is 1.41 bits per heavy atom. The highest BCUT2D eigenvalue weighted by molar-refractivity contribution is 5.93. The SMILES string of the molecule is CCCn1nnc2cc(C(=O)OCC)ccc21. The summed E-state index contributed by atoms with van der Waals surface area (Å²) in [7, 11) is 0. The summed E-state index contributed by atoms with van der Waals surface area (Å²) in [5, 5.41) is 8.09. The summed E-state index contributed by atoms with van der Waals surface area (Å²) in [5.74, 6) is -0.320. The molecule has 0 saturated carbocycles. The molecular formula is C12H15N3O2. The summed E-state index contributed by atoms with van der Waals surface area (Å²) in [6.45, 7) is 5.07. The molecule has 90 valence electrons. The summed E-state index contributed by atoms with van der Waals surface area (Å²) in [6.07, 6.45) is 0.998. The van der Waals surface area contributed by atoms with Crippen molar-refractivity contribution in [3.63, 3.8) is 0 Å². The lowest BCUT2D eigenvalue weighted by atomic mass is 10.2. The molecule has 0 aliphatic heterocycles. The van der Waals surface area contributed by atoms with Crippen LogP contribution in [0.4, 0.5) is 0 Å². The lowest BCUT2D eigenvalue weighted by molar-refractivity contribution is 0.0526. The molecule has 0 saturated heterocycles. The Labute approximate surface area is 99.4 Å². The second-order valence-electron chi connectivity index (χ2n) is 3.74.